The van der Waals surface area contributed by atoms with E-state index in [1.807, 2.05) is 7.05 Å². The molecule has 2 rings (SSSR count). The van der Waals surface area contributed by atoms with E-state index in [0.29, 0.717) is 13.1 Å². The second-order valence-electron chi connectivity index (χ2n) is 4.95. The Morgan fingerprint density at radius 3 is 3.05 bits per heavy atom. The number of carboxylic acid groups (broad SMARTS) is 1. The van der Waals surface area contributed by atoms with E-state index in [2.05, 4.69) is 20.9 Å². The van der Waals surface area contributed by atoms with Crippen LogP contribution in [0, 0.1) is 0 Å². The molecule has 20 heavy (non-hydrogen) atoms. The summed E-state index contributed by atoms with van der Waals surface area (Å²) in [5.74, 6) is -1.28. The van der Waals surface area contributed by atoms with E-state index >= 15 is 0 Å². The van der Waals surface area contributed by atoms with Gasteiger partial charge in [0.15, 0.2) is 0 Å². The van der Waals surface area contributed by atoms with Gasteiger partial charge in [-0.25, -0.2) is 4.79 Å². The van der Waals surface area contributed by atoms with Crippen LogP contribution in [-0.4, -0.2) is 74.0 Å². The number of hydrogen-bond acceptors (Lipinski definition) is 7. The summed E-state index contributed by atoms with van der Waals surface area (Å²) >= 11 is 0. The maximum Gasteiger partial charge on any atom is 0.351 e. The van der Waals surface area contributed by atoms with Gasteiger partial charge in [0, 0.05) is 32.2 Å². The van der Waals surface area contributed by atoms with E-state index < -0.39 is 5.97 Å². The second kappa shape index (κ2) is 6.69. The lowest BCUT2D eigenvalue weighted by molar-refractivity contribution is -0.148. The largest absolute Gasteiger partial charge is 0.477 e. The van der Waals surface area contributed by atoms with E-state index in [1.54, 1.807) is 6.08 Å². The highest BCUT2D eigenvalue weighted by molar-refractivity contribution is 5.86. The van der Waals surface area contributed by atoms with Crippen molar-refractivity contribution in [2.24, 2.45) is 0 Å². The zero-order valence-corrected chi connectivity index (χ0v) is 11.4. The number of likely N-dealkylation sites (N-methyl/N-ethyl adjacent to an activating group) is 1. The maximum absolute atomic E-state index is 11.8. The zero-order chi connectivity index (χ0) is 14.5. The standard InChI is InChI=1S/C12H20N4O4/c1-16-3-2-13-10(6-16)12(19)20-7-15-8-4-9(11(17)18)14-5-8/h4,8,10,13-15H,2-3,5-7H2,1H3,(H,17,18). The lowest BCUT2D eigenvalue weighted by atomic mass is 10.2. The summed E-state index contributed by atoms with van der Waals surface area (Å²) in [4.78, 5) is 24.6. The molecule has 4 N–H and O–H groups in total. The number of carbonyl (C=O) groups is 2. The van der Waals surface area contributed by atoms with Gasteiger partial charge >= 0.3 is 11.9 Å². The van der Waals surface area contributed by atoms with Crippen molar-refractivity contribution in [1.82, 2.24) is 20.9 Å². The summed E-state index contributed by atoms with van der Waals surface area (Å²) in [5.41, 5.74) is 0.171. The molecular formula is C12H20N4O4. The number of aliphatic carboxylic acids is 1. The average Bonchev–Trinajstić information content (AvgIpc) is 2.87. The molecule has 8 nitrogen and oxygen atoms in total. The number of piperazine rings is 1. The van der Waals surface area contributed by atoms with Crippen LogP contribution in [0.3, 0.4) is 0 Å². The molecule has 112 valence electrons. The fraction of sp³-hybridized carbons (Fsp3) is 0.667. The highest BCUT2D eigenvalue weighted by Gasteiger charge is 2.25. The molecule has 2 heterocycles. The average molecular weight is 284 g/mol. The quantitative estimate of drug-likeness (QED) is 0.337. The summed E-state index contributed by atoms with van der Waals surface area (Å²) in [6, 6.07) is -0.446. The molecule has 0 bridgehead atoms. The third kappa shape index (κ3) is 3.92. The number of esters is 1. The Morgan fingerprint density at radius 2 is 2.40 bits per heavy atom. The fourth-order valence-electron chi connectivity index (χ4n) is 2.19. The number of ether oxygens (including phenoxy) is 1. The minimum absolute atomic E-state index is 0.0659. The number of carboxylic acids is 1. The first-order chi connectivity index (χ1) is 9.56. The summed E-state index contributed by atoms with van der Waals surface area (Å²) in [5, 5.41) is 17.6. The van der Waals surface area contributed by atoms with E-state index in [0.717, 1.165) is 13.1 Å². The van der Waals surface area contributed by atoms with Crippen molar-refractivity contribution in [3.05, 3.63) is 11.8 Å². The maximum atomic E-state index is 11.8. The Hall–Kier alpha value is -1.64. The lowest BCUT2D eigenvalue weighted by Gasteiger charge is -2.29. The predicted octanol–water partition coefficient (Wildman–Crippen LogP) is -2.08. The molecule has 1 saturated heterocycles. The van der Waals surface area contributed by atoms with Gasteiger partial charge in [-0.15, -0.1) is 0 Å². The molecule has 1 fully saturated rings. The molecule has 2 aliphatic rings. The lowest BCUT2D eigenvalue weighted by Crippen LogP contribution is -2.53. The molecule has 0 spiro atoms. The SMILES string of the molecule is CN1CCNC(C(=O)OCNC2C=C(C(=O)O)NC2)C1. The topological polar surface area (TPSA) is 103 Å². The van der Waals surface area contributed by atoms with Crippen molar-refractivity contribution in [3.63, 3.8) is 0 Å². The van der Waals surface area contributed by atoms with Crippen LogP contribution < -0.4 is 16.0 Å². The van der Waals surface area contributed by atoms with Crippen molar-refractivity contribution in [3.8, 4) is 0 Å². The summed E-state index contributed by atoms with van der Waals surface area (Å²) in [6.07, 6.45) is 1.57. The number of hydrogen-bond donors (Lipinski definition) is 4. The van der Waals surface area contributed by atoms with Gasteiger partial charge < -0.3 is 25.4 Å². The van der Waals surface area contributed by atoms with Gasteiger partial charge in [0.25, 0.3) is 0 Å². The molecule has 0 aromatic carbocycles. The molecule has 0 aromatic heterocycles. The monoisotopic (exact) mass is 284 g/mol. The van der Waals surface area contributed by atoms with Crippen molar-refractivity contribution < 1.29 is 19.4 Å². The van der Waals surface area contributed by atoms with Gasteiger partial charge in [0.2, 0.25) is 0 Å². The third-order valence-electron chi connectivity index (χ3n) is 3.33. The van der Waals surface area contributed by atoms with Gasteiger partial charge in [-0.1, -0.05) is 0 Å². The smallest absolute Gasteiger partial charge is 0.351 e. The molecule has 0 amide bonds. The molecule has 0 aromatic rings. The zero-order valence-electron chi connectivity index (χ0n) is 11.4. The van der Waals surface area contributed by atoms with Crippen LogP contribution in [0.1, 0.15) is 0 Å². The first-order valence-corrected chi connectivity index (χ1v) is 6.57. The first-order valence-electron chi connectivity index (χ1n) is 6.57. The second-order valence-corrected chi connectivity index (χ2v) is 4.95. The highest BCUT2D eigenvalue weighted by Crippen LogP contribution is 2.03. The van der Waals surface area contributed by atoms with Crippen LogP contribution in [0.15, 0.2) is 11.8 Å². The Morgan fingerprint density at radius 1 is 1.60 bits per heavy atom. The predicted molar refractivity (Wildman–Crippen MR) is 70.9 cm³/mol. The molecular weight excluding hydrogens is 264 g/mol. The van der Waals surface area contributed by atoms with Gasteiger partial charge in [-0.2, -0.15) is 0 Å². The molecule has 8 heteroatoms. The minimum atomic E-state index is -0.985. The summed E-state index contributed by atoms with van der Waals surface area (Å²) < 4.78 is 5.14. The third-order valence-corrected chi connectivity index (χ3v) is 3.33. The normalized spacial score (nSPS) is 26.8. The Bertz CT molecular complexity index is 412. The summed E-state index contributed by atoms with van der Waals surface area (Å²) in [7, 11) is 1.96. The number of rotatable bonds is 5. The molecule has 2 atom stereocenters. The van der Waals surface area contributed by atoms with Gasteiger partial charge in [-0.3, -0.25) is 10.1 Å². The Kier molecular flexibility index (Phi) is 4.94. The van der Waals surface area contributed by atoms with Gasteiger partial charge in [0.1, 0.15) is 18.5 Å². The van der Waals surface area contributed by atoms with Crippen molar-refractivity contribution in [2.45, 2.75) is 12.1 Å². The van der Waals surface area contributed by atoms with Crippen LogP contribution in [-0.2, 0) is 14.3 Å². The highest BCUT2D eigenvalue weighted by atomic mass is 16.5. The summed E-state index contributed by atoms with van der Waals surface area (Å²) in [6.45, 7) is 2.85. The van der Waals surface area contributed by atoms with Crippen molar-refractivity contribution in [2.75, 3.05) is 40.0 Å². The molecule has 0 aliphatic carbocycles. The number of nitrogens with zero attached hydrogens (tertiary/aromatic N) is 1. The molecule has 0 radical (unpaired) electrons. The Labute approximate surface area is 117 Å². The first kappa shape index (κ1) is 14.8. The molecule has 0 saturated carbocycles. The van der Waals surface area contributed by atoms with Crippen LogP contribution >= 0.6 is 0 Å². The van der Waals surface area contributed by atoms with Crippen LogP contribution in [0.25, 0.3) is 0 Å². The van der Waals surface area contributed by atoms with Crippen LogP contribution in [0.4, 0.5) is 0 Å². The minimum Gasteiger partial charge on any atom is -0.477 e. The number of nitrogens with one attached hydrogen (secondary N) is 3. The molecule has 2 unspecified atom stereocenters. The van der Waals surface area contributed by atoms with Crippen LogP contribution in [0.5, 0.6) is 0 Å². The van der Waals surface area contributed by atoms with E-state index in [9.17, 15) is 9.59 Å². The van der Waals surface area contributed by atoms with Crippen molar-refractivity contribution >= 4 is 11.9 Å². The Balaban J connectivity index is 1.68. The molecule has 2 aliphatic heterocycles. The fourth-order valence-corrected chi connectivity index (χ4v) is 2.19. The van der Waals surface area contributed by atoms with Crippen molar-refractivity contribution in [1.29, 1.82) is 0 Å². The van der Waals surface area contributed by atoms with E-state index in [1.165, 1.54) is 0 Å². The number of carbonyl (C=O) groups excluding carboxylic acids is 1. The van der Waals surface area contributed by atoms with E-state index in [-0.39, 0.29) is 30.5 Å². The van der Waals surface area contributed by atoms with Gasteiger partial charge in [0.05, 0.1) is 0 Å². The van der Waals surface area contributed by atoms with Crippen LogP contribution in [0.2, 0.25) is 0 Å². The van der Waals surface area contributed by atoms with Gasteiger partial charge in [-0.05, 0) is 13.1 Å². The van der Waals surface area contributed by atoms with E-state index in [4.69, 9.17) is 9.84 Å².